The molecule has 0 saturated heterocycles. The highest BCUT2D eigenvalue weighted by molar-refractivity contribution is 7.91. The molecular weight excluding hydrogens is 432 g/mol. The SMILES string of the molecule is COc1ccc(NC(=O)CCCN(C)S(=O)(=O)c2cccs2)cc1Cc1ccccc1. The Balaban J connectivity index is 1.56. The van der Waals surface area contributed by atoms with Crippen LogP contribution in [0.5, 0.6) is 5.75 Å². The minimum absolute atomic E-state index is 0.155. The van der Waals surface area contributed by atoms with Gasteiger partial charge in [-0.1, -0.05) is 36.4 Å². The second kappa shape index (κ2) is 10.6. The highest BCUT2D eigenvalue weighted by Gasteiger charge is 2.21. The molecule has 2 aromatic carbocycles. The van der Waals surface area contributed by atoms with Gasteiger partial charge in [0.05, 0.1) is 7.11 Å². The molecule has 1 amide bonds. The Bertz CT molecular complexity index is 1100. The molecule has 6 nitrogen and oxygen atoms in total. The summed E-state index contributed by atoms with van der Waals surface area (Å²) in [6.07, 6.45) is 1.35. The molecule has 0 atom stereocenters. The Labute approximate surface area is 187 Å². The lowest BCUT2D eigenvalue weighted by Crippen LogP contribution is -2.28. The average molecular weight is 459 g/mol. The Hall–Kier alpha value is -2.68. The van der Waals surface area contributed by atoms with Crippen molar-refractivity contribution in [1.29, 1.82) is 0 Å². The number of rotatable bonds is 10. The number of carbonyl (C=O) groups is 1. The van der Waals surface area contributed by atoms with E-state index in [4.69, 9.17) is 4.74 Å². The molecule has 3 rings (SSSR count). The number of nitrogens with one attached hydrogen (secondary N) is 1. The minimum Gasteiger partial charge on any atom is -0.496 e. The zero-order chi connectivity index (χ0) is 22.3. The van der Waals surface area contributed by atoms with E-state index >= 15 is 0 Å². The number of hydrogen-bond donors (Lipinski definition) is 1. The van der Waals surface area contributed by atoms with Gasteiger partial charge in [0, 0.05) is 37.7 Å². The second-order valence-corrected chi connectivity index (χ2v) is 10.3. The van der Waals surface area contributed by atoms with E-state index in [1.807, 2.05) is 42.5 Å². The van der Waals surface area contributed by atoms with E-state index in [0.29, 0.717) is 22.7 Å². The molecule has 0 spiro atoms. The van der Waals surface area contributed by atoms with Gasteiger partial charge in [-0.05, 0) is 41.6 Å². The quantitative estimate of drug-likeness (QED) is 0.489. The molecule has 164 valence electrons. The summed E-state index contributed by atoms with van der Waals surface area (Å²) in [6.45, 7) is 0.273. The zero-order valence-electron chi connectivity index (χ0n) is 17.6. The summed E-state index contributed by atoms with van der Waals surface area (Å²) in [5.41, 5.74) is 2.82. The lowest BCUT2D eigenvalue weighted by atomic mass is 10.0. The third kappa shape index (κ3) is 6.16. The van der Waals surface area contributed by atoms with Crippen LogP contribution in [0, 0.1) is 0 Å². The third-order valence-electron chi connectivity index (χ3n) is 4.84. The first-order chi connectivity index (χ1) is 14.9. The lowest BCUT2D eigenvalue weighted by Gasteiger charge is -2.16. The van der Waals surface area contributed by atoms with Crippen molar-refractivity contribution in [2.45, 2.75) is 23.5 Å². The number of carbonyl (C=O) groups excluding carboxylic acids is 1. The summed E-state index contributed by atoms with van der Waals surface area (Å²) in [4.78, 5) is 12.4. The van der Waals surface area contributed by atoms with Crippen LogP contribution in [-0.4, -0.2) is 39.3 Å². The van der Waals surface area contributed by atoms with Gasteiger partial charge in [0.25, 0.3) is 10.0 Å². The maximum Gasteiger partial charge on any atom is 0.252 e. The highest BCUT2D eigenvalue weighted by atomic mass is 32.2. The zero-order valence-corrected chi connectivity index (χ0v) is 19.2. The molecule has 8 heteroatoms. The minimum atomic E-state index is -3.49. The van der Waals surface area contributed by atoms with Gasteiger partial charge >= 0.3 is 0 Å². The summed E-state index contributed by atoms with van der Waals surface area (Å²) in [6, 6.07) is 18.9. The number of hydrogen-bond acceptors (Lipinski definition) is 5. The van der Waals surface area contributed by atoms with E-state index in [2.05, 4.69) is 5.32 Å². The molecule has 0 unspecified atom stereocenters. The van der Waals surface area contributed by atoms with E-state index in [0.717, 1.165) is 16.9 Å². The molecule has 0 fully saturated rings. The average Bonchev–Trinajstić information content (AvgIpc) is 3.30. The number of nitrogens with zero attached hydrogens (tertiary/aromatic N) is 1. The Morgan fingerprint density at radius 3 is 2.55 bits per heavy atom. The summed E-state index contributed by atoms with van der Waals surface area (Å²) < 4.78 is 31.9. The van der Waals surface area contributed by atoms with Gasteiger partial charge in [-0.3, -0.25) is 4.79 Å². The first kappa shape index (κ1) is 23.0. The molecular formula is C23H26N2O4S2. The van der Waals surface area contributed by atoms with Gasteiger partial charge in [0.1, 0.15) is 9.96 Å². The normalized spacial score (nSPS) is 11.5. The maximum absolute atomic E-state index is 12.4. The van der Waals surface area contributed by atoms with Crippen molar-refractivity contribution in [3.63, 3.8) is 0 Å². The fourth-order valence-electron chi connectivity index (χ4n) is 3.18. The molecule has 0 radical (unpaired) electrons. The third-order valence-corrected chi connectivity index (χ3v) is 8.07. The highest BCUT2D eigenvalue weighted by Crippen LogP contribution is 2.25. The Morgan fingerprint density at radius 1 is 1.10 bits per heavy atom. The topological polar surface area (TPSA) is 75.7 Å². The molecule has 0 bridgehead atoms. The van der Waals surface area contributed by atoms with Crippen molar-refractivity contribution in [1.82, 2.24) is 4.31 Å². The summed E-state index contributed by atoms with van der Waals surface area (Å²) in [5.74, 6) is 0.611. The fraction of sp³-hybridized carbons (Fsp3) is 0.261. The smallest absolute Gasteiger partial charge is 0.252 e. The van der Waals surface area contributed by atoms with Crippen LogP contribution in [0.3, 0.4) is 0 Å². The van der Waals surface area contributed by atoms with Crippen molar-refractivity contribution in [3.8, 4) is 5.75 Å². The van der Waals surface area contributed by atoms with Crippen molar-refractivity contribution in [2.75, 3.05) is 26.0 Å². The van der Waals surface area contributed by atoms with Gasteiger partial charge in [-0.25, -0.2) is 12.7 Å². The van der Waals surface area contributed by atoms with Crippen LogP contribution in [0.4, 0.5) is 5.69 Å². The first-order valence-electron chi connectivity index (χ1n) is 9.90. The lowest BCUT2D eigenvalue weighted by molar-refractivity contribution is -0.116. The predicted octanol–water partition coefficient (Wildman–Crippen LogP) is 4.39. The van der Waals surface area contributed by atoms with Gasteiger partial charge in [0.15, 0.2) is 0 Å². The molecule has 0 aliphatic carbocycles. The van der Waals surface area contributed by atoms with Gasteiger partial charge in [-0.15, -0.1) is 11.3 Å². The largest absolute Gasteiger partial charge is 0.496 e. The van der Waals surface area contributed by atoms with Crippen LogP contribution in [0.25, 0.3) is 0 Å². The molecule has 1 heterocycles. The summed E-state index contributed by atoms with van der Waals surface area (Å²) in [5, 5.41) is 4.63. The van der Waals surface area contributed by atoms with E-state index in [1.54, 1.807) is 30.7 Å². The van der Waals surface area contributed by atoms with Crippen molar-refractivity contribution < 1.29 is 17.9 Å². The standard InChI is InChI=1S/C23H26N2O4S2/c1-25(31(27,28)23-11-7-15-30-23)14-6-10-22(26)24-20-12-13-21(29-2)19(17-20)16-18-8-4-3-5-9-18/h3-5,7-9,11-13,15,17H,6,10,14,16H2,1-2H3,(H,24,26). The molecule has 3 aromatic rings. The number of benzene rings is 2. The molecule has 1 N–H and O–H groups in total. The molecule has 31 heavy (non-hydrogen) atoms. The van der Waals surface area contributed by atoms with Crippen molar-refractivity contribution in [3.05, 3.63) is 77.2 Å². The monoisotopic (exact) mass is 458 g/mol. The number of anilines is 1. The van der Waals surface area contributed by atoms with Crippen LogP contribution in [0.1, 0.15) is 24.0 Å². The molecule has 0 saturated carbocycles. The van der Waals surface area contributed by atoms with Gasteiger partial charge in [0.2, 0.25) is 5.91 Å². The molecule has 0 aliphatic heterocycles. The summed E-state index contributed by atoms with van der Waals surface area (Å²) in [7, 11) is -0.327. The van der Waals surface area contributed by atoms with E-state index in [-0.39, 0.29) is 18.9 Å². The molecule has 1 aromatic heterocycles. The van der Waals surface area contributed by atoms with Crippen LogP contribution in [-0.2, 0) is 21.2 Å². The van der Waals surface area contributed by atoms with Crippen molar-refractivity contribution >= 4 is 33.0 Å². The second-order valence-electron chi connectivity index (χ2n) is 7.10. The number of thiophene rings is 1. The van der Waals surface area contributed by atoms with Crippen LogP contribution in [0.15, 0.2) is 70.3 Å². The van der Waals surface area contributed by atoms with Crippen LogP contribution < -0.4 is 10.1 Å². The fourth-order valence-corrected chi connectivity index (χ4v) is 5.59. The number of methoxy groups -OCH3 is 1. The molecule has 0 aliphatic rings. The number of ether oxygens (including phenoxy) is 1. The van der Waals surface area contributed by atoms with E-state index in [9.17, 15) is 13.2 Å². The van der Waals surface area contributed by atoms with E-state index in [1.165, 1.54) is 22.7 Å². The van der Waals surface area contributed by atoms with E-state index < -0.39 is 10.0 Å². The predicted molar refractivity (Wildman–Crippen MR) is 124 cm³/mol. The van der Waals surface area contributed by atoms with Gasteiger partial charge < -0.3 is 10.1 Å². The number of sulfonamides is 1. The maximum atomic E-state index is 12.4. The number of amides is 1. The van der Waals surface area contributed by atoms with Gasteiger partial charge in [-0.2, -0.15) is 0 Å². The Kier molecular flexibility index (Phi) is 7.84. The van der Waals surface area contributed by atoms with Crippen LogP contribution in [0.2, 0.25) is 0 Å². The Morgan fingerprint density at radius 2 is 1.87 bits per heavy atom. The van der Waals surface area contributed by atoms with Crippen LogP contribution >= 0.6 is 11.3 Å². The van der Waals surface area contributed by atoms with Crippen molar-refractivity contribution in [2.24, 2.45) is 0 Å². The first-order valence-corrected chi connectivity index (χ1v) is 12.2. The summed E-state index contributed by atoms with van der Waals surface area (Å²) >= 11 is 1.19.